The van der Waals surface area contributed by atoms with Gasteiger partial charge in [-0.3, -0.25) is 0 Å². The quantitative estimate of drug-likeness (QED) is 0.147. The van der Waals surface area contributed by atoms with Crippen LogP contribution in [0.1, 0.15) is 39.2 Å². The fourth-order valence-corrected chi connectivity index (χ4v) is 5.39. The van der Waals surface area contributed by atoms with Gasteiger partial charge in [-0.2, -0.15) is 0 Å². The Morgan fingerprint density at radius 2 is 1.09 bits per heavy atom. The predicted octanol–water partition coefficient (Wildman–Crippen LogP) is 7.81. The largest absolute Gasteiger partial charge is 0.485 e. The molecule has 0 spiro atoms. The van der Waals surface area contributed by atoms with E-state index in [-0.39, 0.29) is 24.4 Å². The van der Waals surface area contributed by atoms with Crippen molar-refractivity contribution in [3.05, 3.63) is 118 Å². The average molecular weight is 673 g/mol. The van der Waals surface area contributed by atoms with Crippen molar-refractivity contribution in [3.63, 3.8) is 0 Å². The molecular formula is C35H36Cl3NO6. The zero-order valence-corrected chi connectivity index (χ0v) is 27.7. The van der Waals surface area contributed by atoms with E-state index in [0.717, 1.165) is 0 Å². The van der Waals surface area contributed by atoms with E-state index in [9.17, 15) is 9.59 Å². The van der Waals surface area contributed by atoms with Crippen molar-refractivity contribution in [2.75, 3.05) is 13.2 Å². The lowest BCUT2D eigenvalue weighted by Gasteiger charge is -2.32. The molecule has 0 aromatic heterocycles. The van der Waals surface area contributed by atoms with Gasteiger partial charge in [0.2, 0.25) is 0 Å². The third kappa shape index (κ3) is 8.97. The maximum Gasteiger partial charge on any atom is 0.336 e. The fourth-order valence-electron chi connectivity index (χ4n) is 4.89. The van der Waals surface area contributed by atoms with Crippen LogP contribution in [-0.4, -0.2) is 48.1 Å². The summed E-state index contributed by atoms with van der Waals surface area (Å²) < 4.78 is 23.6. The van der Waals surface area contributed by atoms with Gasteiger partial charge >= 0.3 is 11.9 Å². The highest BCUT2D eigenvalue weighted by Crippen LogP contribution is 2.42. The molecule has 10 heteroatoms. The minimum Gasteiger partial charge on any atom is -0.485 e. The van der Waals surface area contributed by atoms with Crippen molar-refractivity contribution in [1.29, 1.82) is 0 Å². The first-order valence-corrected chi connectivity index (χ1v) is 15.8. The van der Waals surface area contributed by atoms with Gasteiger partial charge in [0.15, 0.2) is 0 Å². The van der Waals surface area contributed by atoms with Gasteiger partial charge in [-0.1, -0.05) is 66.2 Å². The molecule has 1 N–H and O–H groups in total. The molecule has 7 nitrogen and oxygen atoms in total. The summed E-state index contributed by atoms with van der Waals surface area (Å²) in [6, 6.07) is 25.3. The highest BCUT2D eigenvalue weighted by atomic mass is 35.5. The number of nitrogens with one attached hydrogen (secondary N) is 1. The average Bonchev–Trinajstić information content (AvgIpc) is 3.01. The van der Waals surface area contributed by atoms with E-state index in [4.69, 9.17) is 53.8 Å². The molecule has 4 unspecified atom stereocenters. The second-order valence-corrected chi connectivity index (χ2v) is 12.4. The van der Waals surface area contributed by atoms with Crippen LogP contribution in [0.25, 0.3) is 0 Å². The molecule has 1 aliphatic heterocycles. The molecule has 3 aromatic rings. The van der Waals surface area contributed by atoms with E-state index < -0.39 is 40.8 Å². The first-order valence-electron chi connectivity index (χ1n) is 14.6. The van der Waals surface area contributed by atoms with Crippen LogP contribution in [0.4, 0.5) is 0 Å². The number of halogens is 3. The highest BCUT2D eigenvalue weighted by Gasteiger charge is 2.39. The first kappa shape index (κ1) is 34.2. The second-order valence-electron chi connectivity index (χ2n) is 10.6. The van der Waals surface area contributed by atoms with Crippen molar-refractivity contribution in [1.82, 2.24) is 5.32 Å². The van der Waals surface area contributed by atoms with E-state index >= 15 is 0 Å². The zero-order valence-electron chi connectivity index (χ0n) is 25.5. The number of alkyl halides is 2. The molecule has 0 saturated heterocycles. The van der Waals surface area contributed by atoms with Gasteiger partial charge in [0.05, 0.1) is 27.8 Å². The number of carbonyl (C=O) groups is 2. The van der Waals surface area contributed by atoms with Crippen LogP contribution in [-0.2, 0) is 19.1 Å². The minimum absolute atomic E-state index is 0.126. The highest BCUT2D eigenvalue weighted by molar-refractivity contribution is 6.31. The Morgan fingerprint density at radius 3 is 1.49 bits per heavy atom. The van der Waals surface area contributed by atoms with Crippen LogP contribution in [0.3, 0.4) is 0 Å². The molecule has 0 aliphatic carbocycles. The summed E-state index contributed by atoms with van der Waals surface area (Å²) >= 11 is 19.5. The summed E-state index contributed by atoms with van der Waals surface area (Å²) in [5, 5.41) is 2.59. The number of allylic oxidation sites excluding steroid dienone is 2. The van der Waals surface area contributed by atoms with E-state index in [0.29, 0.717) is 33.5 Å². The maximum absolute atomic E-state index is 13.8. The van der Waals surface area contributed by atoms with Gasteiger partial charge < -0.3 is 24.3 Å². The lowest BCUT2D eigenvalue weighted by molar-refractivity contribution is -0.142. The number of esters is 2. The third-order valence-corrected chi connectivity index (χ3v) is 8.17. The summed E-state index contributed by atoms with van der Waals surface area (Å²) in [5.41, 5.74) is 1.99. The number of benzene rings is 3. The number of rotatable bonds is 13. The van der Waals surface area contributed by atoms with E-state index in [1.807, 2.05) is 36.4 Å². The molecule has 45 heavy (non-hydrogen) atoms. The fraction of sp³-hybridized carbons (Fsp3) is 0.314. The molecular weight excluding hydrogens is 637 g/mol. The van der Waals surface area contributed by atoms with Crippen molar-refractivity contribution in [3.8, 4) is 11.5 Å². The van der Waals surface area contributed by atoms with Gasteiger partial charge in [0, 0.05) is 16.4 Å². The Bertz CT molecular complexity index is 1430. The zero-order chi connectivity index (χ0) is 32.5. The summed E-state index contributed by atoms with van der Waals surface area (Å²) in [5.74, 6) is -0.996. The monoisotopic (exact) mass is 671 g/mol. The van der Waals surface area contributed by atoms with Gasteiger partial charge in [0.1, 0.15) is 36.9 Å². The Hall–Kier alpha value is -3.65. The smallest absolute Gasteiger partial charge is 0.336 e. The normalized spacial score (nSPS) is 17.4. The molecule has 3 aromatic carbocycles. The van der Waals surface area contributed by atoms with Crippen molar-refractivity contribution < 1.29 is 28.5 Å². The molecule has 4 atom stereocenters. The summed E-state index contributed by atoms with van der Waals surface area (Å²) in [6.07, 6.45) is -1.26. The molecule has 4 rings (SSSR count). The number of para-hydroxylation sites is 2. The van der Waals surface area contributed by atoms with E-state index in [1.165, 1.54) is 0 Å². The van der Waals surface area contributed by atoms with Crippen LogP contribution in [0.15, 0.2) is 107 Å². The number of carbonyl (C=O) groups excluding carboxylic acids is 2. The molecule has 0 fully saturated rings. The molecule has 0 bridgehead atoms. The van der Waals surface area contributed by atoms with Crippen LogP contribution in [0.5, 0.6) is 11.5 Å². The van der Waals surface area contributed by atoms with E-state index in [2.05, 4.69) is 5.32 Å². The van der Waals surface area contributed by atoms with Crippen LogP contribution in [0.2, 0.25) is 5.02 Å². The molecule has 0 amide bonds. The topological polar surface area (TPSA) is 83.1 Å². The van der Waals surface area contributed by atoms with Crippen LogP contribution < -0.4 is 14.8 Å². The summed E-state index contributed by atoms with van der Waals surface area (Å²) in [4.78, 5) is 27.7. The molecule has 1 heterocycles. The minimum atomic E-state index is -0.885. The van der Waals surface area contributed by atoms with Gasteiger partial charge in [-0.15, -0.1) is 23.2 Å². The van der Waals surface area contributed by atoms with Gasteiger partial charge in [0.25, 0.3) is 0 Å². The Morgan fingerprint density at radius 1 is 0.689 bits per heavy atom. The van der Waals surface area contributed by atoms with Crippen molar-refractivity contribution >= 4 is 46.7 Å². The number of hydrogen-bond acceptors (Lipinski definition) is 7. The Kier molecular flexibility index (Phi) is 12.2. The molecule has 1 aliphatic rings. The van der Waals surface area contributed by atoms with Crippen molar-refractivity contribution in [2.24, 2.45) is 0 Å². The molecule has 0 saturated carbocycles. The van der Waals surface area contributed by atoms with Crippen molar-refractivity contribution in [2.45, 2.75) is 56.6 Å². The maximum atomic E-state index is 13.8. The van der Waals surface area contributed by atoms with Crippen LogP contribution >= 0.6 is 34.8 Å². The number of hydrogen-bond donors (Lipinski definition) is 1. The lowest BCUT2D eigenvalue weighted by atomic mass is 9.80. The lowest BCUT2D eigenvalue weighted by Crippen LogP contribution is -2.37. The molecule has 0 radical (unpaired) electrons. The number of ether oxygens (including phenoxy) is 4. The van der Waals surface area contributed by atoms with Gasteiger partial charge in [-0.25, -0.2) is 9.59 Å². The predicted molar refractivity (Wildman–Crippen MR) is 177 cm³/mol. The third-order valence-electron chi connectivity index (χ3n) is 7.26. The number of dihydropyridines is 1. The van der Waals surface area contributed by atoms with Gasteiger partial charge in [-0.05, 0) is 63.6 Å². The van der Waals surface area contributed by atoms with Crippen LogP contribution in [0, 0.1) is 0 Å². The molecule has 238 valence electrons. The summed E-state index contributed by atoms with van der Waals surface area (Å²) in [6.45, 7) is 6.76. The SMILES string of the molecule is CC1=C(C(=O)OCC(Oc2ccccc2)C(C)Cl)C(c2ccccc2Cl)C(C(=O)OCC(Oc2ccccc2)C(C)Cl)=C(C)N1. The standard InChI is InChI=1S/C35H36Cl3NO6/c1-21(36)29(44-25-13-7-5-8-14-25)19-42-34(40)31-23(3)39-24(4)32(33(31)27-17-11-12-18-28(27)38)35(41)43-20-30(22(2)37)45-26-15-9-6-10-16-26/h5-18,21-22,29-30,33,39H,19-20H2,1-4H3. The van der Waals surface area contributed by atoms with E-state index in [1.54, 1.807) is 76.2 Å². The second kappa shape index (κ2) is 16.1. The Labute approximate surface area is 279 Å². The summed E-state index contributed by atoms with van der Waals surface area (Å²) in [7, 11) is 0. The first-order chi connectivity index (χ1) is 21.6. The Balaban J connectivity index is 1.59.